The van der Waals surface area contributed by atoms with E-state index in [4.69, 9.17) is 9.47 Å². The van der Waals surface area contributed by atoms with Gasteiger partial charge in [-0.25, -0.2) is 4.79 Å². The second-order valence-electron chi connectivity index (χ2n) is 4.69. The largest absolute Gasteiger partial charge is 0.462 e. The monoisotopic (exact) mass is 285 g/mol. The molecule has 1 aliphatic rings. The second kappa shape index (κ2) is 5.80. The SMILES string of the molecule is CCOC(=O)C1=C(C)OC(=O)C[C@@]1(C#N)c1ccccc1. The third kappa shape index (κ3) is 2.52. The highest BCUT2D eigenvalue weighted by Crippen LogP contribution is 2.41. The van der Waals surface area contributed by atoms with Crippen LogP contribution in [0.5, 0.6) is 0 Å². The molecule has 1 heterocycles. The standard InChI is InChI=1S/C16H15NO4/c1-3-20-15(19)14-11(2)21-13(18)9-16(14,10-17)12-7-5-4-6-8-12/h4-8H,3,9H2,1-2H3/t16-/m1/s1. The van der Waals surface area contributed by atoms with Crippen molar-refractivity contribution in [2.24, 2.45) is 0 Å². The van der Waals surface area contributed by atoms with Crippen molar-refractivity contribution in [1.29, 1.82) is 5.26 Å². The molecule has 0 amide bonds. The first-order valence-corrected chi connectivity index (χ1v) is 6.61. The highest BCUT2D eigenvalue weighted by atomic mass is 16.5. The maximum atomic E-state index is 12.2. The van der Waals surface area contributed by atoms with E-state index < -0.39 is 17.4 Å². The van der Waals surface area contributed by atoms with Crippen LogP contribution in [-0.2, 0) is 24.5 Å². The van der Waals surface area contributed by atoms with Gasteiger partial charge in [-0.1, -0.05) is 30.3 Å². The van der Waals surface area contributed by atoms with Crippen molar-refractivity contribution in [3.8, 4) is 6.07 Å². The molecule has 2 rings (SSSR count). The number of hydrogen-bond donors (Lipinski definition) is 0. The average Bonchev–Trinajstić information content (AvgIpc) is 2.47. The van der Waals surface area contributed by atoms with E-state index in [0.29, 0.717) is 5.56 Å². The van der Waals surface area contributed by atoms with Crippen LogP contribution in [-0.4, -0.2) is 18.5 Å². The summed E-state index contributed by atoms with van der Waals surface area (Å²) in [5.74, 6) is -1.05. The molecular formula is C16H15NO4. The maximum Gasteiger partial charge on any atom is 0.339 e. The van der Waals surface area contributed by atoms with Gasteiger partial charge >= 0.3 is 11.9 Å². The molecule has 0 spiro atoms. The highest BCUT2D eigenvalue weighted by Gasteiger charge is 2.48. The third-order valence-electron chi connectivity index (χ3n) is 3.39. The van der Waals surface area contributed by atoms with Crippen molar-refractivity contribution in [2.45, 2.75) is 25.7 Å². The molecule has 0 fully saturated rings. The summed E-state index contributed by atoms with van der Waals surface area (Å²) in [5, 5.41) is 9.72. The lowest BCUT2D eigenvalue weighted by Gasteiger charge is -2.32. The van der Waals surface area contributed by atoms with E-state index in [2.05, 4.69) is 6.07 Å². The van der Waals surface area contributed by atoms with E-state index >= 15 is 0 Å². The second-order valence-corrected chi connectivity index (χ2v) is 4.69. The Hall–Kier alpha value is -2.61. The van der Waals surface area contributed by atoms with Crippen molar-refractivity contribution in [3.63, 3.8) is 0 Å². The lowest BCUT2D eigenvalue weighted by Crippen LogP contribution is -2.39. The van der Waals surface area contributed by atoms with Gasteiger partial charge in [0, 0.05) is 0 Å². The van der Waals surface area contributed by atoms with Gasteiger partial charge in [0.05, 0.1) is 19.1 Å². The Bertz CT molecular complexity index is 642. The number of cyclic esters (lactones) is 1. The Labute approximate surface area is 122 Å². The summed E-state index contributed by atoms with van der Waals surface area (Å²) >= 11 is 0. The normalized spacial score (nSPS) is 21.5. The topological polar surface area (TPSA) is 76.4 Å². The molecule has 0 aliphatic carbocycles. The molecule has 108 valence electrons. The van der Waals surface area contributed by atoms with Crippen molar-refractivity contribution in [2.75, 3.05) is 6.61 Å². The van der Waals surface area contributed by atoms with Gasteiger partial charge in [-0.05, 0) is 19.4 Å². The molecular weight excluding hydrogens is 270 g/mol. The minimum Gasteiger partial charge on any atom is -0.462 e. The minimum absolute atomic E-state index is 0.0950. The van der Waals surface area contributed by atoms with Crippen molar-refractivity contribution in [1.82, 2.24) is 0 Å². The van der Waals surface area contributed by atoms with Crippen LogP contribution in [0.25, 0.3) is 0 Å². The molecule has 5 heteroatoms. The molecule has 1 aliphatic heterocycles. The smallest absolute Gasteiger partial charge is 0.339 e. The van der Waals surface area contributed by atoms with Crippen LogP contribution in [0.4, 0.5) is 0 Å². The molecule has 1 aromatic carbocycles. The van der Waals surface area contributed by atoms with E-state index in [1.54, 1.807) is 37.3 Å². The Morgan fingerprint density at radius 1 is 1.43 bits per heavy atom. The van der Waals surface area contributed by atoms with Gasteiger partial charge in [0.15, 0.2) is 0 Å². The van der Waals surface area contributed by atoms with Crippen LogP contribution < -0.4 is 0 Å². The molecule has 1 atom stereocenters. The van der Waals surface area contributed by atoms with Crippen molar-refractivity contribution < 1.29 is 19.1 Å². The van der Waals surface area contributed by atoms with Gasteiger partial charge in [0.25, 0.3) is 0 Å². The fourth-order valence-electron chi connectivity index (χ4n) is 2.51. The first-order chi connectivity index (χ1) is 10.0. The zero-order valence-corrected chi connectivity index (χ0v) is 11.9. The maximum absolute atomic E-state index is 12.2. The molecule has 0 saturated heterocycles. The first kappa shape index (κ1) is 14.8. The van der Waals surface area contributed by atoms with Crippen LogP contribution in [0.3, 0.4) is 0 Å². The summed E-state index contributed by atoms with van der Waals surface area (Å²) < 4.78 is 10.1. The number of carbonyl (C=O) groups is 2. The average molecular weight is 285 g/mol. The number of allylic oxidation sites excluding steroid dienone is 1. The zero-order chi connectivity index (χ0) is 15.5. The quantitative estimate of drug-likeness (QED) is 0.796. The van der Waals surface area contributed by atoms with Gasteiger partial charge in [-0.3, -0.25) is 4.79 Å². The Balaban J connectivity index is 2.66. The molecule has 0 radical (unpaired) electrons. The van der Waals surface area contributed by atoms with Crippen LogP contribution in [0.1, 0.15) is 25.8 Å². The van der Waals surface area contributed by atoms with E-state index in [-0.39, 0.29) is 24.4 Å². The van der Waals surface area contributed by atoms with E-state index in [0.717, 1.165) is 0 Å². The van der Waals surface area contributed by atoms with E-state index in [9.17, 15) is 14.9 Å². The summed E-state index contributed by atoms with van der Waals surface area (Å²) in [4.78, 5) is 24.0. The molecule has 0 unspecified atom stereocenters. The number of esters is 2. The number of benzene rings is 1. The number of rotatable bonds is 3. The zero-order valence-electron chi connectivity index (χ0n) is 11.9. The van der Waals surface area contributed by atoms with Crippen LogP contribution >= 0.6 is 0 Å². The fourth-order valence-corrected chi connectivity index (χ4v) is 2.51. The number of hydrogen-bond acceptors (Lipinski definition) is 5. The van der Waals surface area contributed by atoms with Crippen LogP contribution in [0.15, 0.2) is 41.7 Å². The minimum atomic E-state index is -1.37. The lowest BCUT2D eigenvalue weighted by molar-refractivity contribution is -0.145. The predicted molar refractivity (Wildman–Crippen MR) is 73.8 cm³/mol. The van der Waals surface area contributed by atoms with Gasteiger partial charge in [-0.2, -0.15) is 5.26 Å². The van der Waals surface area contributed by atoms with Gasteiger partial charge in [-0.15, -0.1) is 0 Å². The summed E-state index contributed by atoms with van der Waals surface area (Å²) in [6, 6.07) is 10.9. The summed E-state index contributed by atoms with van der Waals surface area (Å²) in [6.45, 7) is 3.36. The van der Waals surface area contributed by atoms with E-state index in [1.165, 1.54) is 6.92 Å². The van der Waals surface area contributed by atoms with Crippen LogP contribution in [0, 0.1) is 11.3 Å². The number of ether oxygens (including phenoxy) is 2. The first-order valence-electron chi connectivity index (χ1n) is 6.61. The highest BCUT2D eigenvalue weighted by molar-refractivity contribution is 5.96. The summed E-state index contributed by atoms with van der Waals surface area (Å²) in [5.41, 5.74) is -0.698. The Morgan fingerprint density at radius 2 is 2.10 bits per heavy atom. The number of carbonyl (C=O) groups excluding carboxylic acids is 2. The molecule has 0 saturated carbocycles. The van der Waals surface area contributed by atoms with Gasteiger partial charge < -0.3 is 9.47 Å². The Morgan fingerprint density at radius 3 is 2.67 bits per heavy atom. The molecule has 0 bridgehead atoms. The molecule has 1 aromatic rings. The molecule has 5 nitrogen and oxygen atoms in total. The lowest BCUT2D eigenvalue weighted by atomic mass is 9.71. The van der Waals surface area contributed by atoms with Crippen LogP contribution in [0.2, 0.25) is 0 Å². The Kier molecular flexibility index (Phi) is 4.08. The predicted octanol–water partition coefficient (Wildman–Crippen LogP) is 2.23. The van der Waals surface area contributed by atoms with E-state index in [1.807, 2.05) is 0 Å². The van der Waals surface area contributed by atoms with Crippen molar-refractivity contribution in [3.05, 3.63) is 47.2 Å². The summed E-state index contributed by atoms with van der Waals surface area (Å²) in [6.07, 6.45) is -0.209. The molecule has 0 N–H and O–H groups in total. The molecule has 0 aromatic heterocycles. The number of nitrogens with zero attached hydrogens (tertiary/aromatic N) is 1. The summed E-state index contributed by atoms with van der Waals surface area (Å²) in [7, 11) is 0. The van der Waals surface area contributed by atoms with Gasteiger partial charge in [0.2, 0.25) is 0 Å². The number of nitriles is 1. The van der Waals surface area contributed by atoms with Gasteiger partial charge in [0.1, 0.15) is 16.7 Å². The van der Waals surface area contributed by atoms with Crippen molar-refractivity contribution >= 4 is 11.9 Å². The molecule has 21 heavy (non-hydrogen) atoms. The fraction of sp³-hybridized carbons (Fsp3) is 0.312. The third-order valence-corrected chi connectivity index (χ3v) is 3.39.